The van der Waals surface area contributed by atoms with Gasteiger partial charge in [0.15, 0.2) is 0 Å². The van der Waals surface area contributed by atoms with E-state index in [1.165, 1.54) is 0 Å². The highest BCUT2D eigenvalue weighted by Crippen LogP contribution is 2.28. The van der Waals surface area contributed by atoms with Crippen molar-refractivity contribution in [3.05, 3.63) is 70.0 Å². The van der Waals surface area contributed by atoms with E-state index in [9.17, 15) is 0 Å². The molecule has 0 aliphatic rings. The van der Waals surface area contributed by atoms with E-state index in [1.54, 1.807) is 25.3 Å². The number of rotatable bonds is 6. The average Bonchev–Trinajstić information content (AvgIpc) is 2.63. The van der Waals surface area contributed by atoms with Crippen LogP contribution in [-0.2, 0) is 6.54 Å². The maximum absolute atomic E-state index is 6.20. The van der Waals surface area contributed by atoms with Crippen LogP contribution in [0, 0.1) is 6.92 Å². The van der Waals surface area contributed by atoms with Crippen LogP contribution >= 0.6 is 23.2 Å². The summed E-state index contributed by atoms with van der Waals surface area (Å²) in [4.78, 5) is 8.82. The number of aromatic nitrogens is 2. The largest absolute Gasteiger partial charge is 0.497 e. The maximum atomic E-state index is 6.20. The molecule has 5 nitrogen and oxygen atoms in total. The molecule has 0 aliphatic heterocycles. The van der Waals surface area contributed by atoms with Gasteiger partial charge in [-0.15, -0.1) is 0 Å². The van der Waals surface area contributed by atoms with Crippen molar-refractivity contribution in [1.82, 2.24) is 9.97 Å². The standard InChI is InChI=1S/C19H18Cl2N4O/c1-12-23-18(22-11-13-3-6-15(26-2)7-4-13)10-19(24-12)25-17-9-14(20)5-8-16(17)21/h3-10H,11H2,1-2H3,(H2,22,23,24,25). The van der Waals surface area contributed by atoms with Crippen molar-refractivity contribution in [2.75, 3.05) is 17.7 Å². The molecular weight excluding hydrogens is 371 g/mol. The Bertz CT molecular complexity index is 901. The van der Waals surface area contributed by atoms with Crippen molar-refractivity contribution < 1.29 is 4.74 Å². The molecule has 0 bridgehead atoms. The third-order valence-electron chi connectivity index (χ3n) is 3.66. The van der Waals surface area contributed by atoms with Gasteiger partial charge in [0, 0.05) is 17.6 Å². The zero-order valence-corrected chi connectivity index (χ0v) is 15.9. The molecule has 3 rings (SSSR count). The molecular formula is C19H18Cl2N4O. The summed E-state index contributed by atoms with van der Waals surface area (Å²) in [5, 5.41) is 7.65. The van der Waals surface area contributed by atoms with E-state index in [-0.39, 0.29) is 0 Å². The predicted octanol–water partition coefficient (Wildman–Crippen LogP) is 5.46. The second-order valence-corrected chi connectivity index (χ2v) is 6.48. The number of benzene rings is 2. The third-order valence-corrected chi connectivity index (χ3v) is 4.23. The van der Waals surface area contributed by atoms with E-state index < -0.39 is 0 Å². The molecule has 134 valence electrons. The highest BCUT2D eigenvalue weighted by molar-refractivity contribution is 6.35. The second kappa shape index (κ2) is 8.25. The first kappa shape index (κ1) is 18.3. The molecule has 26 heavy (non-hydrogen) atoms. The minimum Gasteiger partial charge on any atom is -0.497 e. The lowest BCUT2D eigenvalue weighted by molar-refractivity contribution is 0.414. The Morgan fingerprint density at radius 1 is 0.962 bits per heavy atom. The van der Waals surface area contributed by atoms with E-state index in [1.807, 2.05) is 37.3 Å². The topological polar surface area (TPSA) is 59.1 Å². The number of nitrogens with one attached hydrogen (secondary N) is 2. The molecule has 0 saturated carbocycles. The minimum atomic E-state index is 0.568. The van der Waals surface area contributed by atoms with Gasteiger partial charge < -0.3 is 15.4 Å². The smallest absolute Gasteiger partial charge is 0.136 e. The monoisotopic (exact) mass is 388 g/mol. The molecule has 1 heterocycles. The van der Waals surface area contributed by atoms with Crippen LogP contribution in [-0.4, -0.2) is 17.1 Å². The fourth-order valence-electron chi connectivity index (χ4n) is 2.39. The SMILES string of the molecule is COc1ccc(CNc2cc(Nc3cc(Cl)ccc3Cl)nc(C)n2)cc1. The Morgan fingerprint density at radius 2 is 1.69 bits per heavy atom. The third kappa shape index (κ3) is 4.77. The highest BCUT2D eigenvalue weighted by atomic mass is 35.5. The summed E-state index contributed by atoms with van der Waals surface area (Å²) in [5.74, 6) is 2.83. The molecule has 3 aromatic rings. The Hall–Kier alpha value is -2.50. The van der Waals surface area contributed by atoms with E-state index in [4.69, 9.17) is 27.9 Å². The Morgan fingerprint density at radius 3 is 2.42 bits per heavy atom. The van der Waals surface area contributed by atoms with E-state index in [2.05, 4.69) is 20.6 Å². The maximum Gasteiger partial charge on any atom is 0.136 e. The molecule has 2 N–H and O–H groups in total. The minimum absolute atomic E-state index is 0.568. The molecule has 0 aliphatic carbocycles. The highest BCUT2D eigenvalue weighted by Gasteiger charge is 2.06. The van der Waals surface area contributed by atoms with Crippen LogP contribution in [0.2, 0.25) is 10.0 Å². The van der Waals surface area contributed by atoms with Gasteiger partial charge in [-0.1, -0.05) is 35.3 Å². The van der Waals surface area contributed by atoms with Crippen LogP contribution in [0.1, 0.15) is 11.4 Å². The van der Waals surface area contributed by atoms with Crippen molar-refractivity contribution >= 4 is 40.5 Å². The zero-order valence-electron chi connectivity index (χ0n) is 14.4. The number of anilines is 3. The number of ether oxygens (including phenoxy) is 1. The van der Waals surface area contributed by atoms with Gasteiger partial charge in [0.2, 0.25) is 0 Å². The molecule has 0 fully saturated rings. The first-order valence-corrected chi connectivity index (χ1v) is 8.73. The van der Waals surface area contributed by atoms with Crippen molar-refractivity contribution in [1.29, 1.82) is 0 Å². The number of hydrogen-bond acceptors (Lipinski definition) is 5. The molecule has 0 amide bonds. The zero-order chi connectivity index (χ0) is 18.5. The number of aryl methyl sites for hydroxylation is 1. The van der Waals surface area contributed by atoms with Crippen LogP contribution in [0.4, 0.5) is 17.3 Å². The number of nitrogens with zero attached hydrogens (tertiary/aromatic N) is 2. The Labute approximate surface area is 162 Å². The summed E-state index contributed by atoms with van der Waals surface area (Å²) in [6.45, 7) is 2.47. The fourth-order valence-corrected chi connectivity index (χ4v) is 2.73. The van der Waals surface area contributed by atoms with Gasteiger partial charge in [-0.3, -0.25) is 0 Å². The Balaban J connectivity index is 1.73. The Kier molecular flexibility index (Phi) is 5.81. The molecule has 2 aromatic carbocycles. The van der Waals surface area contributed by atoms with E-state index in [0.29, 0.717) is 39.7 Å². The fraction of sp³-hybridized carbons (Fsp3) is 0.158. The predicted molar refractivity (Wildman–Crippen MR) is 107 cm³/mol. The molecule has 0 radical (unpaired) electrons. The van der Waals surface area contributed by atoms with Crippen LogP contribution in [0.5, 0.6) is 5.75 Å². The van der Waals surface area contributed by atoms with Crippen molar-refractivity contribution in [2.45, 2.75) is 13.5 Å². The molecule has 0 atom stereocenters. The number of methoxy groups -OCH3 is 1. The summed E-state index contributed by atoms with van der Waals surface area (Å²) in [7, 11) is 1.65. The van der Waals surface area contributed by atoms with Crippen molar-refractivity contribution in [2.24, 2.45) is 0 Å². The molecule has 7 heteroatoms. The number of halogens is 2. The lowest BCUT2D eigenvalue weighted by atomic mass is 10.2. The summed E-state index contributed by atoms with van der Waals surface area (Å²) < 4.78 is 5.17. The molecule has 1 aromatic heterocycles. The van der Waals surface area contributed by atoms with Crippen molar-refractivity contribution in [3.8, 4) is 5.75 Å². The van der Waals surface area contributed by atoms with Gasteiger partial charge >= 0.3 is 0 Å². The summed E-state index contributed by atoms with van der Waals surface area (Å²) >= 11 is 12.2. The average molecular weight is 389 g/mol. The van der Waals surface area contributed by atoms with Crippen LogP contribution in [0.15, 0.2) is 48.5 Å². The lowest BCUT2D eigenvalue weighted by Crippen LogP contribution is -2.05. The number of hydrogen-bond donors (Lipinski definition) is 2. The lowest BCUT2D eigenvalue weighted by Gasteiger charge is -2.12. The van der Waals surface area contributed by atoms with Gasteiger partial charge in [-0.25, -0.2) is 9.97 Å². The first-order valence-electron chi connectivity index (χ1n) is 7.98. The molecule has 0 saturated heterocycles. The molecule has 0 spiro atoms. The van der Waals surface area contributed by atoms with Gasteiger partial charge in [-0.2, -0.15) is 0 Å². The summed E-state index contributed by atoms with van der Waals surface area (Å²) in [6, 6.07) is 14.9. The van der Waals surface area contributed by atoms with Gasteiger partial charge in [-0.05, 0) is 42.8 Å². The summed E-state index contributed by atoms with van der Waals surface area (Å²) in [6.07, 6.45) is 0. The van der Waals surface area contributed by atoms with E-state index in [0.717, 1.165) is 11.3 Å². The second-order valence-electron chi connectivity index (χ2n) is 5.64. The van der Waals surface area contributed by atoms with Gasteiger partial charge in [0.1, 0.15) is 23.2 Å². The quantitative estimate of drug-likeness (QED) is 0.587. The van der Waals surface area contributed by atoms with Crippen LogP contribution in [0.3, 0.4) is 0 Å². The van der Waals surface area contributed by atoms with Crippen LogP contribution in [0.25, 0.3) is 0 Å². The van der Waals surface area contributed by atoms with Crippen LogP contribution < -0.4 is 15.4 Å². The molecule has 0 unspecified atom stereocenters. The van der Waals surface area contributed by atoms with Gasteiger partial charge in [0.25, 0.3) is 0 Å². The van der Waals surface area contributed by atoms with Crippen molar-refractivity contribution in [3.63, 3.8) is 0 Å². The normalized spacial score (nSPS) is 10.5. The van der Waals surface area contributed by atoms with Gasteiger partial charge in [0.05, 0.1) is 17.8 Å². The first-order chi connectivity index (χ1) is 12.5. The summed E-state index contributed by atoms with van der Waals surface area (Å²) in [5.41, 5.74) is 1.81. The van der Waals surface area contributed by atoms with E-state index >= 15 is 0 Å².